The highest BCUT2D eigenvalue weighted by Crippen LogP contribution is 2.21. The fourth-order valence-electron chi connectivity index (χ4n) is 2.44. The van der Waals surface area contributed by atoms with Crippen LogP contribution >= 0.6 is 23.4 Å². The zero-order chi connectivity index (χ0) is 20.6. The Bertz CT molecular complexity index is 949. The van der Waals surface area contributed by atoms with Gasteiger partial charge in [0.1, 0.15) is 11.5 Å². The molecular weight excluding hydrogens is 414 g/mol. The van der Waals surface area contributed by atoms with Crippen molar-refractivity contribution in [2.75, 3.05) is 19.9 Å². The number of hydrogen-bond donors (Lipinski definition) is 0. The Balaban J connectivity index is 1.47. The fourth-order valence-corrected chi connectivity index (χ4v) is 3.29. The molecule has 3 rings (SSSR count). The second-order valence-electron chi connectivity index (χ2n) is 6.05. The Morgan fingerprint density at radius 2 is 1.93 bits per heavy atom. The largest absolute Gasteiger partial charge is 0.496 e. The molecule has 0 saturated carbocycles. The number of thioether (sulfide) groups is 1. The maximum absolute atomic E-state index is 12.4. The molecule has 9 heteroatoms. The molecule has 0 atom stereocenters. The number of para-hydroxylation sites is 1. The van der Waals surface area contributed by atoms with E-state index in [2.05, 4.69) is 10.2 Å². The Morgan fingerprint density at radius 1 is 1.17 bits per heavy atom. The molecule has 7 nitrogen and oxygen atoms in total. The lowest BCUT2D eigenvalue weighted by atomic mass is 10.2. The van der Waals surface area contributed by atoms with Gasteiger partial charge in [-0.25, -0.2) is 0 Å². The summed E-state index contributed by atoms with van der Waals surface area (Å²) in [6, 6.07) is 14.6. The molecule has 1 aromatic heterocycles. The first-order valence-electron chi connectivity index (χ1n) is 8.74. The van der Waals surface area contributed by atoms with Gasteiger partial charge in [-0.2, -0.15) is 0 Å². The number of amides is 1. The van der Waals surface area contributed by atoms with Gasteiger partial charge >= 0.3 is 0 Å². The number of hydrogen-bond acceptors (Lipinski definition) is 7. The molecule has 0 N–H and O–H groups in total. The van der Waals surface area contributed by atoms with E-state index in [1.165, 1.54) is 11.8 Å². The summed E-state index contributed by atoms with van der Waals surface area (Å²) in [7, 11) is 3.36. The third-order valence-corrected chi connectivity index (χ3v) is 5.02. The molecule has 1 amide bonds. The number of halogens is 1. The molecule has 0 aliphatic rings. The van der Waals surface area contributed by atoms with Crippen molar-refractivity contribution in [1.29, 1.82) is 0 Å². The number of rotatable bonds is 9. The minimum absolute atomic E-state index is 0.0573. The summed E-state index contributed by atoms with van der Waals surface area (Å²) in [4.78, 5) is 14.0. The van der Waals surface area contributed by atoms with Gasteiger partial charge in [-0.1, -0.05) is 41.6 Å². The molecule has 0 bridgehead atoms. The smallest absolute Gasteiger partial charge is 0.277 e. The molecule has 0 radical (unpaired) electrons. The molecule has 0 aliphatic heterocycles. The van der Waals surface area contributed by atoms with Gasteiger partial charge < -0.3 is 18.8 Å². The number of carbonyl (C=O) groups is 1. The number of methoxy groups -OCH3 is 1. The third kappa shape index (κ3) is 6.13. The van der Waals surface area contributed by atoms with Gasteiger partial charge in [-0.05, 0) is 30.3 Å². The molecular formula is C20H20ClN3O4S. The van der Waals surface area contributed by atoms with E-state index in [4.69, 9.17) is 25.5 Å². The second kappa shape index (κ2) is 10.2. The average molecular weight is 434 g/mol. The predicted molar refractivity (Wildman–Crippen MR) is 110 cm³/mol. The molecule has 0 unspecified atom stereocenters. The van der Waals surface area contributed by atoms with Gasteiger partial charge in [-0.3, -0.25) is 4.79 Å². The van der Waals surface area contributed by atoms with Crippen molar-refractivity contribution in [1.82, 2.24) is 15.1 Å². The van der Waals surface area contributed by atoms with E-state index in [9.17, 15) is 4.79 Å². The zero-order valence-electron chi connectivity index (χ0n) is 16.0. The lowest BCUT2D eigenvalue weighted by Gasteiger charge is -2.18. The maximum Gasteiger partial charge on any atom is 0.277 e. The van der Waals surface area contributed by atoms with Crippen molar-refractivity contribution in [3.05, 3.63) is 65.0 Å². The van der Waals surface area contributed by atoms with E-state index in [1.54, 1.807) is 43.3 Å². The molecule has 2 aromatic carbocycles. The quantitative estimate of drug-likeness (QED) is 0.471. The van der Waals surface area contributed by atoms with Crippen molar-refractivity contribution in [3.63, 3.8) is 0 Å². The average Bonchev–Trinajstić information content (AvgIpc) is 3.20. The number of ether oxygens (including phenoxy) is 2. The Kier molecular flexibility index (Phi) is 7.37. The summed E-state index contributed by atoms with van der Waals surface area (Å²) in [5.74, 6) is 1.86. The van der Waals surface area contributed by atoms with Crippen molar-refractivity contribution < 1.29 is 18.7 Å². The van der Waals surface area contributed by atoms with Crippen molar-refractivity contribution in [3.8, 4) is 11.5 Å². The van der Waals surface area contributed by atoms with Crippen molar-refractivity contribution >= 4 is 29.3 Å². The highest BCUT2D eigenvalue weighted by atomic mass is 35.5. The van der Waals surface area contributed by atoms with Crippen LogP contribution in [-0.4, -0.2) is 40.9 Å². The Morgan fingerprint density at radius 3 is 2.69 bits per heavy atom. The molecule has 0 saturated heterocycles. The zero-order valence-corrected chi connectivity index (χ0v) is 17.6. The van der Waals surface area contributed by atoms with Crippen molar-refractivity contribution in [2.24, 2.45) is 0 Å². The summed E-state index contributed by atoms with van der Waals surface area (Å²) in [6.45, 7) is 0.588. The molecule has 0 fully saturated rings. The second-order valence-corrected chi connectivity index (χ2v) is 7.42. The SMILES string of the molecule is COc1ccccc1CN(C)C(=O)CSc1nnc(COc2ccc(Cl)cc2)o1. The molecule has 3 aromatic rings. The fraction of sp³-hybridized carbons (Fsp3) is 0.250. The van der Waals surface area contributed by atoms with Gasteiger partial charge in [0, 0.05) is 24.2 Å². The summed E-state index contributed by atoms with van der Waals surface area (Å²) in [5, 5.41) is 8.82. The van der Waals surface area contributed by atoms with E-state index in [0.29, 0.717) is 28.4 Å². The molecule has 0 aliphatic carbocycles. The van der Waals surface area contributed by atoms with Crippen LogP contribution in [0.2, 0.25) is 5.02 Å². The van der Waals surface area contributed by atoms with E-state index >= 15 is 0 Å². The van der Waals surface area contributed by atoms with E-state index in [0.717, 1.165) is 11.3 Å². The molecule has 152 valence electrons. The highest BCUT2D eigenvalue weighted by molar-refractivity contribution is 7.99. The normalized spacial score (nSPS) is 10.6. The number of carbonyl (C=O) groups excluding carboxylic acids is 1. The topological polar surface area (TPSA) is 77.7 Å². The minimum atomic E-state index is -0.0573. The predicted octanol–water partition coefficient (Wildman–Crippen LogP) is 4.06. The summed E-state index contributed by atoms with van der Waals surface area (Å²) in [6.07, 6.45) is 0. The number of aromatic nitrogens is 2. The highest BCUT2D eigenvalue weighted by Gasteiger charge is 2.15. The molecule has 1 heterocycles. The first-order valence-corrected chi connectivity index (χ1v) is 10.1. The van der Waals surface area contributed by atoms with Crippen LogP contribution in [0.3, 0.4) is 0 Å². The van der Waals surface area contributed by atoms with Crippen LogP contribution in [0, 0.1) is 0 Å². The Labute approximate surface area is 178 Å². The summed E-state index contributed by atoms with van der Waals surface area (Å²) >= 11 is 7.02. The minimum Gasteiger partial charge on any atom is -0.496 e. The van der Waals surface area contributed by atoms with Gasteiger partial charge in [0.2, 0.25) is 5.91 Å². The standard InChI is InChI=1S/C20H20ClN3O4S/c1-24(11-14-5-3-4-6-17(14)26-2)19(25)13-29-20-23-22-18(28-20)12-27-16-9-7-15(21)8-10-16/h3-10H,11-13H2,1-2H3. The monoisotopic (exact) mass is 433 g/mol. The maximum atomic E-state index is 12.4. The van der Waals surface area contributed by atoms with Gasteiger partial charge in [0.25, 0.3) is 11.1 Å². The van der Waals surface area contributed by atoms with E-state index in [-0.39, 0.29) is 18.3 Å². The van der Waals surface area contributed by atoms with Crippen LogP contribution in [0.4, 0.5) is 0 Å². The van der Waals surface area contributed by atoms with Crippen molar-refractivity contribution in [2.45, 2.75) is 18.4 Å². The first kappa shape index (κ1) is 21.0. The number of nitrogens with zero attached hydrogens (tertiary/aromatic N) is 3. The van der Waals surface area contributed by atoms with Crippen LogP contribution in [-0.2, 0) is 17.9 Å². The van der Waals surface area contributed by atoms with Crippen LogP contribution in [0.15, 0.2) is 58.2 Å². The third-order valence-electron chi connectivity index (χ3n) is 3.97. The summed E-state index contributed by atoms with van der Waals surface area (Å²) in [5.41, 5.74) is 0.940. The van der Waals surface area contributed by atoms with Crippen LogP contribution in [0.25, 0.3) is 0 Å². The lowest BCUT2D eigenvalue weighted by molar-refractivity contribution is -0.127. The Hall–Kier alpha value is -2.71. The van der Waals surface area contributed by atoms with E-state index < -0.39 is 0 Å². The first-order chi connectivity index (χ1) is 14.0. The van der Waals surface area contributed by atoms with Gasteiger partial charge in [0.05, 0.1) is 12.9 Å². The van der Waals surface area contributed by atoms with E-state index in [1.807, 2.05) is 24.3 Å². The summed E-state index contributed by atoms with van der Waals surface area (Å²) < 4.78 is 16.4. The molecule has 29 heavy (non-hydrogen) atoms. The van der Waals surface area contributed by atoms with Crippen LogP contribution in [0.5, 0.6) is 11.5 Å². The van der Waals surface area contributed by atoms with Crippen LogP contribution in [0.1, 0.15) is 11.5 Å². The molecule has 0 spiro atoms. The van der Waals surface area contributed by atoms with Crippen LogP contribution < -0.4 is 9.47 Å². The number of benzene rings is 2. The lowest BCUT2D eigenvalue weighted by Crippen LogP contribution is -2.28. The van der Waals surface area contributed by atoms with Gasteiger partial charge in [-0.15, -0.1) is 10.2 Å². The van der Waals surface area contributed by atoms with Gasteiger partial charge in [0.15, 0.2) is 6.61 Å².